The van der Waals surface area contributed by atoms with Crippen molar-refractivity contribution in [2.75, 3.05) is 11.9 Å². The van der Waals surface area contributed by atoms with Crippen molar-refractivity contribution in [3.8, 4) is 0 Å². The van der Waals surface area contributed by atoms with Crippen LogP contribution in [-0.4, -0.2) is 12.6 Å². The van der Waals surface area contributed by atoms with Crippen molar-refractivity contribution >= 4 is 27.6 Å². The third kappa shape index (κ3) is 4.21. The number of benzene rings is 2. The van der Waals surface area contributed by atoms with Gasteiger partial charge in [0.15, 0.2) is 0 Å². The van der Waals surface area contributed by atoms with Gasteiger partial charge in [0, 0.05) is 10.2 Å². The number of rotatable bonds is 6. The predicted molar refractivity (Wildman–Crippen MR) is 92.7 cm³/mol. The summed E-state index contributed by atoms with van der Waals surface area (Å²) in [6.45, 7) is 6.03. The van der Waals surface area contributed by atoms with E-state index in [9.17, 15) is 4.79 Å². The van der Waals surface area contributed by atoms with E-state index in [4.69, 9.17) is 4.74 Å². The summed E-state index contributed by atoms with van der Waals surface area (Å²) in [4.78, 5) is 12.0. The van der Waals surface area contributed by atoms with Gasteiger partial charge in [-0.1, -0.05) is 52.8 Å². The first-order valence-electron chi connectivity index (χ1n) is 7.04. The molecule has 0 aliphatic heterocycles. The van der Waals surface area contributed by atoms with Crippen molar-refractivity contribution in [3.63, 3.8) is 0 Å². The molecule has 4 heteroatoms. The minimum Gasteiger partial charge on any atom is -0.463 e. The van der Waals surface area contributed by atoms with Crippen molar-refractivity contribution in [1.29, 1.82) is 0 Å². The average Bonchev–Trinajstić information content (AvgIpc) is 2.54. The summed E-state index contributed by atoms with van der Waals surface area (Å²) in [7, 11) is 0. The van der Waals surface area contributed by atoms with Gasteiger partial charge in [-0.15, -0.1) is 0 Å². The van der Waals surface area contributed by atoms with Crippen LogP contribution in [0.15, 0.2) is 71.2 Å². The lowest BCUT2D eigenvalue weighted by Crippen LogP contribution is -2.20. The molecular weight excluding hydrogens is 342 g/mol. The monoisotopic (exact) mass is 359 g/mol. The first-order chi connectivity index (χ1) is 10.6. The summed E-state index contributed by atoms with van der Waals surface area (Å²) < 4.78 is 6.06. The lowest BCUT2D eigenvalue weighted by atomic mass is 9.99. The van der Waals surface area contributed by atoms with E-state index >= 15 is 0 Å². The fourth-order valence-electron chi connectivity index (χ4n) is 2.07. The van der Waals surface area contributed by atoms with Crippen molar-refractivity contribution in [1.82, 2.24) is 0 Å². The van der Waals surface area contributed by atoms with E-state index in [-0.39, 0.29) is 12.0 Å². The number of esters is 1. The normalized spacial score (nSPS) is 11.5. The third-order valence-corrected chi connectivity index (χ3v) is 3.70. The van der Waals surface area contributed by atoms with E-state index < -0.39 is 0 Å². The molecule has 114 valence electrons. The highest BCUT2D eigenvalue weighted by Gasteiger charge is 2.22. The molecule has 22 heavy (non-hydrogen) atoms. The number of nitrogens with one attached hydrogen (secondary N) is 1. The van der Waals surface area contributed by atoms with Crippen LogP contribution in [0.2, 0.25) is 0 Å². The van der Waals surface area contributed by atoms with Gasteiger partial charge in [-0.3, -0.25) is 0 Å². The quantitative estimate of drug-likeness (QED) is 0.598. The Morgan fingerprint density at radius 3 is 2.41 bits per heavy atom. The van der Waals surface area contributed by atoms with Crippen LogP contribution < -0.4 is 5.32 Å². The molecule has 0 saturated heterocycles. The Kier molecular flexibility index (Phi) is 5.78. The molecule has 0 unspecified atom stereocenters. The van der Waals surface area contributed by atoms with Crippen molar-refractivity contribution in [2.45, 2.75) is 13.0 Å². The van der Waals surface area contributed by atoms with Gasteiger partial charge >= 0.3 is 5.97 Å². The van der Waals surface area contributed by atoms with Crippen LogP contribution in [0, 0.1) is 0 Å². The van der Waals surface area contributed by atoms with Crippen LogP contribution in [0.3, 0.4) is 0 Å². The maximum Gasteiger partial charge on any atom is 0.335 e. The zero-order valence-corrected chi connectivity index (χ0v) is 14.0. The van der Waals surface area contributed by atoms with Gasteiger partial charge in [-0.25, -0.2) is 4.79 Å². The average molecular weight is 360 g/mol. The van der Waals surface area contributed by atoms with E-state index in [0.717, 1.165) is 15.7 Å². The summed E-state index contributed by atoms with van der Waals surface area (Å²) in [6, 6.07) is 17.2. The molecule has 0 bridgehead atoms. The smallest absolute Gasteiger partial charge is 0.335 e. The minimum absolute atomic E-state index is 0.330. The van der Waals surface area contributed by atoms with Gasteiger partial charge in [0.2, 0.25) is 0 Å². The molecule has 2 aromatic carbocycles. The van der Waals surface area contributed by atoms with Crippen LogP contribution in [0.5, 0.6) is 0 Å². The van der Waals surface area contributed by atoms with Crippen LogP contribution in [0.1, 0.15) is 18.5 Å². The molecule has 3 nitrogen and oxygen atoms in total. The van der Waals surface area contributed by atoms with Gasteiger partial charge < -0.3 is 10.1 Å². The number of hydrogen-bond donors (Lipinski definition) is 1. The second-order valence-corrected chi connectivity index (χ2v) is 5.66. The van der Waals surface area contributed by atoms with E-state index in [1.807, 2.05) is 54.6 Å². The first kappa shape index (κ1) is 16.3. The van der Waals surface area contributed by atoms with Crippen LogP contribution in [0.25, 0.3) is 0 Å². The number of halogens is 1. The summed E-state index contributed by atoms with van der Waals surface area (Å²) in [6.07, 6.45) is 0. The van der Waals surface area contributed by atoms with E-state index in [0.29, 0.717) is 12.2 Å². The molecular formula is C18H18BrNO2. The van der Waals surface area contributed by atoms with Crippen molar-refractivity contribution in [2.24, 2.45) is 0 Å². The Bertz CT molecular complexity index is 638. The molecule has 0 amide bonds. The number of ether oxygens (including phenoxy) is 1. The zero-order valence-electron chi connectivity index (χ0n) is 12.4. The highest BCUT2D eigenvalue weighted by molar-refractivity contribution is 9.10. The summed E-state index contributed by atoms with van der Waals surface area (Å²) in [5.41, 5.74) is 2.25. The molecule has 0 aliphatic carbocycles. The molecule has 2 aromatic rings. The molecule has 0 fully saturated rings. The van der Waals surface area contributed by atoms with E-state index in [1.165, 1.54) is 0 Å². The molecule has 1 N–H and O–H groups in total. The topological polar surface area (TPSA) is 38.3 Å². The Morgan fingerprint density at radius 2 is 1.82 bits per heavy atom. The number of anilines is 1. The maximum atomic E-state index is 12.0. The highest BCUT2D eigenvalue weighted by atomic mass is 79.9. The molecule has 0 aromatic heterocycles. The Balaban J connectivity index is 2.29. The van der Waals surface area contributed by atoms with Crippen molar-refractivity contribution in [3.05, 3.63) is 76.8 Å². The van der Waals surface area contributed by atoms with Crippen LogP contribution in [0.4, 0.5) is 5.69 Å². The number of para-hydroxylation sites is 1. The fraction of sp³-hybridized carbons (Fsp3) is 0.167. The Morgan fingerprint density at radius 1 is 1.18 bits per heavy atom. The first-order valence-corrected chi connectivity index (χ1v) is 7.84. The van der Waals surface area contributed by atoms with Gasteiger partial charge in [-0.2, -0.15) is 0 Å². The molecule has 0 aliphatic rings. The van der Waals surface area contributed by atoms with Crippen LogP contribution in [-0.2, 0) is 9.53 Å². The van der Waals surface area contributed by atoms with Gasteiger partial charge in [0.05, 0.1) is 18.2 Å². The van der Waals surface area contributed by atoms with Gasteiger partial charge in [0.1, 0.15) is 0 Å². The zero-order chi connectivity index (χ0) is 15.9. The van der Waals surface area contributed by atoms with Gasteiger partial charge in [-0.05, 0) is 36.8 Å². The standard InChI is InChI=1S/C18H18BrNO2/c1-3-22-18(21)13(2)17(14-9-11-15(19)12-10-14)20-16-7-5-4-6-8-16/h4-12,17,20H,2-3H2,1H3/t17-/m0/s1. The summed E-state index contributed by atoms with van der Waals surface area (Å²) in [5, 5.41) is 3.34. The second kappa shape index (κ2) is 7.80. The molecule has 0 heterocycles. The Labute approximate surface area is 139 Å². The highest BCUT2D eigenvalue weighted by Crippen LogP contribution is 2.27. The SMILES string of the molecule is C=C(C(=O)OCC)[C@H](Nc1ccccc1)c1ccc(Br)cc1. The molecule has 0 spiro atoms. The van der Waals surface area contributed by atoms with Crippen molar-refractivity contribution < 1.29 is 9.53 Å². The largest absolute Gasteiger partial charge is 0.463 e. The van der Waals surface area contributed by atoms with E-state index in [1.54, 1.807) is 6.92 Å². The molecule has 0 radical (unpaired) electrons. The molecule has 2 rings (SSSR count). The number of carbonyl (C=O) groups excluding carboxylic acids is 1. The third-order valence-electron chi connectivity index (χ3n) is 3.17. The predicted octanol–water partition coefficient (Wildman–Crippen LogP) is 4.72. The van der Waals surface area contributed by atoms with Crippen LogP contribution >= 0.6 is 15.9 Å². The van der Waals surface area contributed by atoms with E-state index in [2.05, 4.69) is 27.8 Å². The number of hydrogen-bond acceptors (Lipinski definition) is 3. The number of carbonyl (C=O) groups is 1. The Hall–Kier alpha value is -2.07. The molecule has 1 atom stereocenters. The summed E-state index contributed by atoms with van der Waals surface area (Å²) in [5.74, 6) is -0.390. The fourth-order valence-corrected chi connectivity index (χ4v) is 2.33. The maximum absolute atomic E-state index is 12.0. The summed E-state index contributed by atoms with van der Waals surface area (Å²) >= 11 is 3.42. The van der Waals surface area contributed by atoms with Gasteiger partial charge in [0.25, 0.3) is 0 Å². The second-order valence-electron chi connectivity index (χ2n) is 4.74. The lowest BCUT2D eigenvalue weighted by molar-refractivity contribution is -0.138. The minimum atomic E-state index is -0.390. The lowest BCUT2D eigenvalue weighted by Gasteiger charge is -2.22. The molecule has 0 saturated carbocycles.